The van der Waals surface area contributed by atoms with Gasteiger partial charge in [-0.3, -0.25) is 4.57 Å². The van der Waals surface area contributed by atoms with Gasteiger partial charge in [0.2, 0.25) is 0 Å². The Balaban J connectivity index is 4.52. The first-order chi connectivity index (χ1) is 29.0. The number of rotatable bonds is 38. The van der Waals surface area contributed by atoms with Crippen LogP contribution in [0.4, 0.5) is 79.0 Å². The Kier molecular flexibility index (Phi) is 26.5. The van der Waals surface area contributed by atoms with Gasteiger partial charge in [0.05, 0.1) is 34.4 Å². The molecule has 0 aliphatic rings. The number of ether oxygens (including phenoxy) is 2. The number of halogens is 18. The largest absolute Gasteiger partial charge is 0.756 e. The van der Waals surface area contributed by atoms with E-state index in [0.717, 1.165) is 0 Å². The Hall–Kier alpha value is -1.27. The minimum atomic E-state index is -6.90. The predicted octanol–water partition coefficient (Wildman–Crippen LogP) is 13.3. The zero-order chi connectivity index (χ0) is 49.8. The molecule has 2 unspecified atom stereocenters. The molecule has 0 heterocycles. The molecule has 0 radical (unpaired) electrons. The minimum Gasteiger partial charge on any atom is -0.756 e. The molecule has 0 fully saturated rings. The van der Waals surface area contributed by atoms with E-state index in [9.17, 15) is 88.5 Å². The fourth-order valence-corrected chi connectivity index (χ4v) is 6.58. The number of phosphoric ester groups is 1. The Morgan fingerprint density at radius 1 is 0.438 bits per heavy atom. The lowest BCUT2D eigenvalue weighted by atomic mass is 9.97. The van der Waals surface area contributed by atoms with Crippen LogP contribution >= 0.6 is 7.82 Å². The summed E-state index contributed by atoms with van der Waals surface area (Å²) in [5, 5.41) is 0. The third kappa shape index (κ3) is 21.8. The van der Waals surface area contributed by atoms with Gasteiger partial charge in [-0.1, -0.05) is 89.9 Å². The first kappa shape index (κ1) is 62.7. The van der Waals surface area contributed by atoms with E-state index in [1.165, 1.54) is 0 Å². The zero-order valence-corrected chi connectivity index (χ0v) is 37.0. The fraction of sp³-hybridized carbons (Fsp3) is 1.00. The number of likely N-dealkylation sites (N-methyl/N-ethyl adjacent to an activating group) is 1. The number of quaternary nitrogens is 1. The van der Waals surface area contributed by atoms with Gasteiger partial charge in [0.15, 0.2) is 0 Å². The van der Waals surface area contributed by atoms with Gasteiger partial charge in [0.1, 0.15) is 19.3 Å². The Morgan fingerprint density at radius 2 is 0.766 bits per heavy atom. The van der Waals surface area contributed by atoms with E-state index >= 15 is 0 Å². The van der Waals surface area contributed by atoms with Crippen molar-refractivity contribution < 1.29 is 111 Å². The lowest BCUT2D eigenvalue weighted by Gasteiger charge is -2.33. The van der Waals surface area contributed by atoms with Crippen molar-refractivity contribution in [2.75, 3.05) is 60.7 Å². The van der Waals surface area contributed by atoms with Crippen LogP contribution < -0.4 is 4.89 Å². The molecule has 0 N–H and O–H groups in total. The van der Waals surface area contributed by atoms with E-state index in [-0.39, 0.29) is 52.1 Å². The van der Waals surface area contributed by atoms with Gasteiger partial charge in [0, 0.05) is 26.1 Å². The highest BCUT2D eigenvalue weighted by Gasteiger charge is 2.82. The topological polar surface area (TPSA) is 77.1 Å². The molecule has 0 rings (SSSR count). The van der Waals surface area contributed by atoms with Crippen molar-refractivity contribution in [3.63, 3.8) is 0 Å². The van der Waals surface area contributed by atoms with Gasteiger partial charge in [-0.05, 0) is 25.7 Å². The summed E-state index contributed by atoms with van der Waals surface area (Å²) in [7, 11) is 0.794. The van der Waals surface area contributed by atoms with Crippen molar-refractivity contribution >= 4 is 7.82 Å². The maximum absolute atomic E-state index is 13.6. The van der Waals surface area contributed by atoms with Gasteiger partial charge >= 0.3 is 47.9 Å². The maximum Gasteiger partial charge on any atom is 0.460 e. The predicted molar refractivity (Wildman–Crippen MR) is 197 cm³/mol. The molecule has 64 heavy (non-hydrogen) atoms. The van der Waals surface area contributed by atoms with Crippen LogP contribution in [0, 0.1) is 0 Å². The molecule has 0 aromatic rings. The van der Waals surface area contributed by atoms with E-state index in [2.05, 4.69) is 0 Å². The van der Waals surface area contributed by atoms with E-state index in [0.29, 0.717) is 88.1 Å². The van der Waals surface area contributed by atoms with Gasteiger partial charge in [-0.15, -0.1) is 0 Å². The van der Waals surface area contributed by atoms with Crippen molar-refractivity contribution in [2.24, 2.45) is 0 Å². The monoisotopic (exact) mass is 1000 g/mol. The SMILES string of the molecule is C[N+](C)(C)CCOP(=O)([O-])OCC(COCCCCCCCCCCCC(F)(F)C(F)(F)C(F)(F)C(F)(F)F)OCCCCCCCCCCCC(F)(F)C(F)(F)C(F)(F)C(F)(F)F. The van der Waals surface area contributed by atoms with E-state index in [1.807, 2.05) is 21.1 Å². The number of unbranched alkanes of at least 4 members (excludes halogenated alkanes) is 16. The summed E-state index contributed by atoms with van der Waals surface area (Å²) < 4.78 is 267. The number of hydrogen-bond acceptors (Lipinski definition) is 6. The first-order valence-electron chi connectivity index (χ1n) is 21.0. The van der Waals surface area contributed by atoms with Gasteiger partial charge in [-0.25, -0.2) is 0 Å². The molecule has 26 heteroatoms. The number of nitrogens with zero attached hydrogens (tertiary/aromatic N) is 1. The van der Waals surface area contributed by atoms with Crippen LogP contribution in [-0.2, 0) is 23.1 Å². The van der Waals surface area contributed by atoms with Crippen molar-refractivity contribution in [2.45, 2.75) is 182 Å². The lowest BCUT2D eigenvalue weighted by molar-refractivity contribution is -0.870. The molecule has 0 aromatic carbocycles. The summed E-state index contributed by atoms with van der Waals surface area (Å²) in [6.07, 6.45) is -11.9. The van der Waals surface area contributed by atoms with E-state index < -0.39 is 94.1 Å². The second-order valence-electron chi connectivity index (χ2n) is 16.7. The summed E-state index contributed by atoms with van der Waals surface area (Å²) in [6.45, 7) is 0.200. The van der Waals surface area contributed by atoms with Crippen LogP contribution in [0.5, 0.6) is 0 Å². The number of hydrogen-bond donors (Lipinski definition) is 0. The summed E-state index contributed by atoms with van der Waals surface area (Å²) >= 11 is 0. The molecule has 0 aromatic heterocycles. The van der Waals surface area contributed by atoms with Gasteiger partial charge in [0.25, 0.3) is 7.82 Å². The maximum atomic E-state index is 13.6. The molecule has 0 aliphatic carbocycles. The fourth-order valence-electron chi connectivity index (χ4n) is 5.85. The average Bonchev–Trinajstić information content (AvgIpc) is 3.13. The second-order valence-corrected chi connectivity index (χ2v) is 18.1. The van der Waals surface area contributed by atoms with Crippen molar-refractivity contribution in [3.8, 4) is 0 Å². The number of alkyl halides is 18. The second kappa shape index (κ2) is 27.1. The van der Waals surface area contributed by atoms with Crippen molar-refractivity contribution in [1.29, 1.82) is 0 Å². The molecule has 0 saturated carbocycles. The summed E-state index contributed by atoms with van der Waals surface area (Å²) in [5.74, 6) is -38.1. The standard InChI is InChI=1S/C38H62F18NO6P/c1-57(2,3)24-27-62-64(58,59)63-29-30(61-26-21-17-13-9-5-7-11-15-19-23-32(41,42)34(45,46)36(49,50)38(54,55)56)28-60-25-20-16-12-8-4-6-10-14-18-22-31(39,40)33(43,44)35(47,48)37(51,52)53/h30H,4-29H2,1-3H3. The summed E-state index contributed by atoms with van der Waals surface area (Å²) in [5.41, 5.74) is 0. The molecule has 0 bridgehead atoms. The smallest absolute Gasteiger partial charge is 0.460 e. The summed E-state index contributed by atoms with van der Waals surface area (Å²) in [4.78, 5) is 12.3. The molecule has 0 amide bonds. The van der Waals surface area contributed by atoms with Crippen molar-refractivity contribution in [3.05, 3.63) is 0 Å². The average molecular weight is 1000 g/mol. The highest BCUT2D eigenvalue weighted by Crippen LogP contribution is 2.55. The molecule has 0 saturated heterocycles. The van der Waals surface area contributed by atoms with Crippen LogP contribution in [0.1, 0.15) is 128 Å². The molecular weight excluding hydrogens is 939 g/mol. The minimum absolute atomic E-state index is 0.0496. The molecule has 2 atom stereocenters. The number of phosphoric acid groups is 1. The van der Waals surface area contributed by atoms with E-state index in [1.54, 1.807) is 0 Å². The van der Waals surface area contributed by atoms with Crippen molar-refractivity contribution in [1.82, 2.24) is 0 Å². The van der Waals surface area contributed by atoms with Crippen LogP contribution in [0.2, 0.25) is 0 Å². The van der Waals surface area contributed by atoms with Crippen LogP contribution in [-0.4, -0.2) is 119 Å². The van der Waals surface area contributed by atoms with Crippen LogP contribution in [0.3, 0.4) is 0 Å². The van der Waals surface area contributed by atoms with Crippen LogP contribution in [0.25, 0.3) is 0 Å². The first-order valence-corrected chi connectivity index (χ1v) is 22.5. The highest BCUT2D eigenvalue weighted by molar-refractivity contribution is 7.45. The van der Waals surface area contributed by atoms with Gasteiger partial charge in [-0.2, -0.15) is 79.0 Å². The van der Waals surface area contributed by atoms with Crippen LogP contribution in [0.15, 0.2) is 0 Å². The molecule has 0 aliphatic heterocycles. The summed E-state index contributed by atoms with van der Waals surface area (Å²) in [6, 6.07) is 0. The highest BCUT2D eigenvalue weighted by atomic mass is 31.2. The molecular formula is C38H62F18NO6P. The molecule has 386 valence electrons. The van der Waals surface area contributed by atoms with E-state index in [4.69, 9.17) is 18.5 Å². The zero-order valence-electron chi connectivity index (χ0n) is 36.1. The third-order valence-corrected chi connectivity index (χ3v) is 10.9. The lowest BCUT2D eigenvalue weighted by Crippen LogP contribution is -2.60. The quantitative estimate of drug-likeness (QED) is 0.0265. The third-order valence-electron chi connectivity index (χ3n) is 9.92. The molecule has 0 spiro atoms. The Bertz CT molecular complexity index is 1320. The van der Waals surface area contributed by atoms with Gasteiger partial charge < -0.3 is 27.9 Å². The Labute approximate surface area is 362 Å². The normalized spacial score (nSPS) is 15.8. The Morgan fingerprint density at radius 3 is 1.11 bits per heavy atom. The molecule has 7 nitrogen and oxygen atoms in total.